The standard InChI is InChI=1S/C19H19N5O/c1-2-5-16(6-3-1)25-17-7-12-22-19(23-17)24-13-8-15(9-14-24)18-20-10-4-11-21-18/h1-7,10-12,15H,8-9,13-14H2. The number of benzene rings is 1. The van der Waals surface area contributed by atoms with Gasteiger partial charge in [0.1, 0.15) is 11.6 Å². The first-order valence-corrected chi connectivity index (χ1v) is 8.46. The van der Waals surface area contributed by atoms with Crippen molar-refractivity contribution in [3.63, 3.8) is 0 Å². The number of rotatable bonds is 4. The smallest absolute Gasteiger partial charge is 0.228 e. The molecule has 0 unspecified atom stereocenters. The first-order chi connectivity index (χ1) is 12.4. The van der Waals surface area contributed by atoms with Crippen molar-refractivity contribution in [2.24, 2.45) is 0 Å². The molecule has 1 aromatic carbocycles. The molecule has 0 aliphatic carbocycles. The number of para-hydroxylation sites is 1. The Bertz CT molecular complexity index is 804. The second kappa shape index (κ2) is 7.25. The molecule has 3 aromatic rings. The van der Waals surface area contributed by atoms with Gasteiger partial charge in [-0.1, -0.05) is 18.2 Å². The van der Waals surface area contributed by atoms with Gasteiger partial charge in [0.15, 0.2) is 0 Å². The van der Waals surface area contributed by atoms with Crippen LogP contribution in [0.1, 0.15) is 24.6 Å². The van der Waals surface area contributed by atoms with Gasteiger partial charge >= 0.3 is 0 Å². The zero-order chi connectivity index (χ0) is 16.9. The third-order valence-corrected chi connectivity index (χ3v) is 4.31. The number of hydrogen-bond donors (Lipinski definition) is 0. The van der Waals surface area contributed by atoms with Gasteiger partial charge in [-0.3, -0.25) is 0 Å². The van der Waals surface area contributed by atoms with Crippen molar-refractivity contribution in [1.82, 2.24) is 19.9 Å². The van der Waals surface area contributed by atoms with E-state index in [1.807, 2.05) is 48.8 Å². The number of anilines is 1. The highest BCUT2D eigenvalue weighted by Gasteiger charge is 2.24. The lowest BCUT2D eigenvalue weighted by Gasteiger charge is -2.31. The van der Waals surface area contributed by atoms with E-state index in [-0.39, 0.29) is 0 Å². The Labute approximate surface area is 146 Å². The van der Waals surface area contributed by atoms with Crippen LogP contribution in [-0.2, 0) is 0 Å². The van der Waals surface area contributed by atoms with Crippen LogP contribution in [0.2, 0.25) is 0 Å². The summed E-state index contributed by atoms with van der Waals surface area (Å²) >= 11 is 0. The molecule has 2 aromatic heterocycles. The van der Waals surface area contributed by atoms with Crippen molar-refractivity contribution in [3.05, 3.63) is 66.9 Å². The molecule has 6 heteroatoms. The molecule has 0 N–H and O–H groups in total. The van der Waals surface area contributed by atoms with E-state index in [1.165, 1.54) is 0 Å². The van der Waals surface area contributed by atoms with Crippen LogP contribution >= 0.6 is 0 Å². The molecular formula is C19H19N5O. The van der Waals surface area contributed by atoms with Crippen molar-refractivity contribution >= 4 is 5.95 Å². The molecule has 0 spiro atoms. The molecule has 1 fully saturated rings. The number of ether oxygens (including phenoxy) is 1. The van der Waals surface area contributed by atoms with E-state index in [4.69, 9.17) is 4.74 Å². The van der Waals surface area contributed by atoms with E-state index in [0.29, 0.717) is 17.7 Å². The molecule has 3 heterocycles. The molecule has 126 valence electrons. The summed E-state index contributed by atoms with van der Waals surface area (Å²) in [6, 6.07) is 13.3. The van der Waals surface area contributed by atoms with Crippen LogP contribution in [0.5, 0.6) is 11.6 Å². The Balaban J connectivity index is 1.42. The second-order valence-electron chi connectivity index (χ2n) is 5.98. The summed E-state index contributed by atoms with van der Waals surface area (Å²) in [6.45, 7) is 1.77. The fourth-order valence-electron chi connectivity index (χ4n) is 3.01. The van der Waals surface area contributed by atoms with Gasteiger partial charge in [0.25, 0.3) is 0 Å². The van der Waals surface area contributed by atoms with Gasteiger partial charge in [-0.05, 0) is 31.0 Å². The molecule has 1 aliphatic heterocycles. The molecule has 0 bridgehead atoms. The van der Waals surface area contributed by atoms with E-state index in [2.05, 4.69) is 24.8 Å². The van der Waals surface area contributed by atoms with Gasteiger partial charge in [0.2, 0.25) is 11.8 Å². The lowest BCUT2D eigenvalue weighted by atomic mass is 9.96. The Hall–Kier alpha value is -3.02. The molecule has 1 aliphatic rings. The Kier molecular flexibility index (Phi) is 4.50. The van der Waals surface area contributed by atoms with Crippen molar-refractivity contribution in [3.8, 4) is 11.6 Å². The monoisotopic (exact) mass is 333 g/mol. The number of hydrogen-bond acceptors (Lipinski definition) is 6. The van der Waals surface area contributed by atoms with Crippen molar-refractivity contribution in [1.29, 1.82) is 0 Å². The zero-order valence-corrected chi connectivity index (χ0v) is 13.8. The predicted molar refractivity (Wildman–Crippen MR) is 94.8 cm³/mol. The molecule has 0 radical (unpaired) electrons. The molecule has 6 nitrogen and oxygen atoms in total. The highest BCUT2D eigenvalue weighted by atomic mass is 16.5. The summed E-state index contributed by atoms with van der Waals surface area (Å²) in [5.41, 5.74) is 0. The quantitative estimate of drug-likeness (QED) is 0.729. The Morgan fingerprint density at radius 2 is 1.60 bits per heavy atom. The van der Waals surface area contributed by atoms with Crippen LogP contribution in [0.3, 0.4) is 0 Å². The van der Waals surface area contributed by atoms with E-state index < -0.39 is 0 Å². The summed E-state index contributed by atoms with van der Waals surface area (Å²) < 4.78 is 5.80. The van der Waals surface area contributed by atoms with Crippen LogP contribution in [0.4, 0.5) is 5.95 Å². The molecule has 4 rings (SSSR count). The van der Waals surface area contributed by atoms with E-state index >= 15 is 0 Å². The van der Waals surface area contributed by atoms with Crippen molar-refractivity contribution in [2.45, 2.75) is 18.8 Å². The largest absolute Gasteiger partial charge is 0.439 e. The maximum atomic E-state index is 5.80. The van der Waals surface area contributed by atoms with Crippen LogP contribution in [0.15, 0.2) is 61.1 Å². The second-order valence-corrected chi connectivity index (χ2v) is 5.98. The van der Waals surface area contributed by atoms with Crippen molar-refractivity contribution < 1.29 is 4.74 Å². The first-order valence-electron chi connectivity index (χ1n) is 8.46. The van der Waals surface area contributed by atoms with Crippen molar-refractivity contribution in [2.75, 3.05) is 18.0 Å². The average molecular weight is 333 g/mol. The van der Waals surface area contributed by atoms with Gasteiger partial charge < -0.3 is 9.64 Å². The molecule has 0 saturated carbocycles. The normalized spacial score (nSPS) is 15.1. The summed E-state index contributed by atoms with van der Waals surface area (Å²) in [7, 11) is 0. The number of nitrogens with zero attached hydrogens (tertiary/aromatic N) is 5. The maximum absolute atomic E-state index is 5.80. The SMILES string of the molecule is c1ccc(Oc2ccnc(N3CCC(c4ncccn4)CC3)n2)cc1. The third kappa shape index (κ3) is 3.74. The Morgan fingerprint density at radius 3 is 2.36 bits per heavy atom. The lowest BCUT2D eigenvalue weighted by molar-refractivity contribution is 0.453. The van der Waals surface area contributed by atoms with E-state index in [9.17, 15) is 0 Å². The van der Waals surface area contributed by atoms with Gasteiger partial charge in [0, 0.05) is 43.7 Å². The van der Waals surface area contributed by atoms with Crippen LogP contribution in [0, 0.1) is 0 Å². The molecule has 25 heavy (non-hydrogen) atoms. The predicted octanol–water partition coefficient (Wildman–Crippen LogP) is 3.44. The summed E-state index contributed by atoms with van der Waals surface area (Å²) in [6.07, 6.45) is 7.35. The highest BCUT2D eigenvalue weighted by molar-refractivity contribution is 5.35. The maximum Gasteiger partial charge on any atom is 0.228 e. The lowest BCUT2D eigenvalue weighted by Crippen LogP contribution is -2.34. The van der Waals surface area contributed by atoms with E-state index in [1.54, 1.807) is 12.3 Å². The molecule has 0 amide bonds. The Morgan fingerprint density at radius 1 is 0.840 bits per heavy atom. The number of piperidine rings is 1. The van der Waals surface area contributed by atoms with Crippen LogP contribution < -0.4 is 9.64 Å². The molecule has 0 atom stereocenters. The van der Waals surface area contributed by atoms with Crippen LogP contribution in [0.25, 0.3) is 0 Å². The minimum Gasteiger partial charge on any atom is -0.439 e. The topological polar surface area (TPSA) is 64.0 Å². The minimum atomic E-state index is 0.404. The van der Waals surface area contributed by atoms with Crippen LogP contribution in [-0.4, -0.2) is 33.0 Å². The van der Waals surface area contributed by atoms with E-state index in [0.717, 1.165) is 37.5 Å². The van der Waals surface area contributed by atoms with Gasteiger partial charge in [0.05, 0.1) is 0 Å². The average Bonchev–Trinajstić information content (AvgIpc) is 2.70. The summed E-state index contributed by atoms with van der Waals surface area (Å²) in [4.78, 5) is 19.9. The van der Waals surface area contributed by atoms with Gasteiger partial charge in [-0.2, -0.15) is 4.98 Å². The molecular weight excluding hydrogens is 314 g/mol. The summed E-state index contributed by atoms with van der Waals surface area (Å²) in [5.74, 6) is 3.38. The fraction of sp³-hybridized carbons (Fsp3) is 0.263. The van der Waals surface area contributed by atoms with Gasteiger partial charge in [-0.15, -0.1) is 0 Å². The fourth-order valence-corrected chi connectivity index (χ4v) is 3.01. The van der Waals surface area contributed by atoms with Gasteiger partial charge in [-0.25, -0.2) is 15.0 Å². The third-order valence-electron chi connectivity index (χ3n) is 4.31. The number of aromatic nitrogens is 4. The first kappa shape index (κ1) is 15.5. The minimum absolute atomic E-state index is 0.404. The molecule has 1 saturated heterocycles. The highest BCUT2D eigenvalue weighted by Crippen LogP contribution is 2.28. The summed E-state index contributed by atoms with van der Waals surface area (Å²) in [5, 5.41) is 0. The zero-order valence-electron chi connectivity index (χ0n) is 13.8.